The number of fused-ring (bicyclic) bond motifs is 4. The normalized spacial score (nSPS) is 22.7. The topological polar surface area (TPSA) is 49.3 Å². The summed E-state index contributed by atoms with van der Waals surface area (Å²) in [5, 5.41) is 0. The lowest BCUT2D eigenvalue weighted by Gasteiger charge is -2.36. The van der Waals surface area contributed by atoms with Crippen molar-refractivity contribution in [3.8, 4) is 0 Å². The summed E-state index contributed by atoms with van der Waals surface area (Å²) in [6, 6.07) is 6.92. The number of piperidine rings is 1. The summed E-state index contributed by atoms with van der Waals surface area (Å²) < 4.78 is 13.1. The molecule has 2 aromatic rings. The van der Waals surface area contributed by atoms with Gasteiger partial charge in [0.15, 0.2) is 0 Å². The molecule has 0 radical (unpaired) electrons. The van der Waals surface area contributed by atoms with Crippen molar-refractivity contribution < 1.29 is 9.18 Å². The third-order valence-corrected chi connectivity index (χ3v) is 5.64. The van der Waals surface area contributed by atoms with Crippen LogP contribution in [0.4, 0.5) is 4.39 Å². The molecule has 3 aliphatic rings. The second-order valence-corrected chi connectivity index (χ2v) is 7.62. The average Bonchev–Trinajstić information content (AvgIpc) is 3.00. The molecule has 0 N–H and O–H groups in total. The van der Waals surface area contributed by atoms with Crippen molar-refractivity contribution in [3.05, 3.63) is 59.4 Å². The van der Waals surface area contributed by atoms with Gasteiger partial charge in [0.1, 0.15) is 11.6 Å². The Morgan fingerprint density at radius 1 is 1.11 bits per heavy atom. The first kappa shape index (κ1) is 18.0. The number of halogens is 1. The zero-order valence-electron chi connectivity index (χ0n) is 15.6. The molecule has 1 aromatic heterocycles. The Kier molecular flexibility index (Phi) is 5.16. The van der Waals surface area contributed by atoms with E-state index < -0.39 is 0 Å². The van der Waals surface area contributed by atoms with E-state index in [-0.39, 0.29) is 17.8 Å². The number of aryl methyl sites for hydroxylation is 1. The quantitative estimate of drug-likeness (QED) is 0.833. The summed E-state index contributed by atoms with van der Waals surface area (Å²) in [7, 11) is 0. The predicted molar refractivity (Wildman–Crippen MR) is 101 cm³/mol. The monoisotopic (exact) mass is 368 g/mol. The Morgan fingerprint density at radius 3 is 2.56 bits per heavy atom. The predicted octanol–water partition coefficient (Wildman–Crippen LogP) is 2.91. The van der Waals surface area contributed by atoms with Crippen LogP contribution in [0.15, 0.2) is 36.7 Å². The van der Waals surface area contributed by atoms with Crippen molar-refractivity contribution in [3.63, 3.8) is 0 Å². The smallest absolute Gasteiger partial charge is 0.257 e. The third-order valence-electron chi connectivity index (χ3n) is 5.64. The molecule has 0 saturated carbocycles. The fourth-order valence-corrected chi connectivity index (χ4v) is 4.22. The van der Waals surface area contributed by atoms with Crippen molar-refractivity contribution in [1.82, 2.24) is 19.8 Å². The van der Waals surface area contributed by atoms with E-state index in [1.165, 1.54) is 12.1 Å². The first-order valence-corrected chi connectivity index (χ1v) is 9.71. The molecule has 3 aliphatic heterocycles. The maximum Gasteiger partial charge on any atom is 0.257 e. The molecule has 6 heteroatoms. The molecule has 0 spiro atoms. The summed E-state index contributed by atoms with van der Waals surface area (Å²) >= 11 is 0. The molecule has 2 atom stereocenters. The number of carbonyl (C=O) groups is 1. The van der Waals surface area contributed by atoms with Crippen molar-refractivity contribution in [2.45, 2.75) is 38.8 Å². The highest BCUT2D eigenvalue weighted by Gasteiger charge is 2.37. The van der Waals surface area contributed by atoms with Crippen molar-refractivity contribution in [1.29, 1.82) is 0 Å². The van der Waals surface area contributed by atoms with E-state index in [4.69, 9.17) is 0 Å². The van der Waals surface area contributed by atoms with Crippen LogP contribution in [0.25, 0.3) is 0 Å². The van der Waals surface area contributed by atoms with Gasteiger partial charge in [-0.3, -0.25) is 9.69 Å². The molecule has 142 valence electrons. The zero-order valence-corrected chi connectivity index (χ0v) is 15.6. The van der Waals surface area contributed by atoms with E-state index in [0.717, 1.165) is 56.8 Å². The number of aromatic nitrogens is 2. The fraction of sp³-hybridized carbons (Fsp3) is 0.476. The Bertz CT molecular complexity index is 793. The summed E-state index contributed by atoms with van der Waals surface area (Å²) in [6.45, 7) is 5.42. The lowest BCUT2D eigenvalue weighted by molar-refractivity contribution is 0.0584. The van der Waals surface area contributed by atoms with Crippen LogP contribution in [0.3, 0.4) is 0 Å². The van der Waals surface area contributed by atoms with Gasteiger partial charge in [0.25, 0.3) is 5.91 Å². The van der Waals surface area contributed by atoms with Crippen LogP contribution in [0, 0.1) is 11.7 Å². The Morgan fingerprint density at radius 2 is 1.85 bits per heavy atom. The lowest BCUT2D eigenvalue weighted by atomic mass is 9.94. The molecule has 2 bridgehead atoms. The van der Waals surface area contributed by atoms with Gasteiger partial charge in [-0.05, 0) is 36.5 Å². The highest BCUT2D eigenvalue weighted by molar-refractivity contribution is 5.94. The zero-order chi connectivity index (χ0) is 18.8. The van der Waals surface area contributed by atoms with Crippen LogP contribution in [-0.4, -0.2) is 51.4 Å². The minimum atomic E-state index is -0.206. The van der Waals surface area contributed by atoms with E-state index >= 15 is 0 Å². The van der Waals surface area contributed by atoms with E-state index in [1.807, 2.05) is 24.0 Å². The number of rotatable bonds is 4. The average molecular weight is 368 g/mol. The van der Waals surface area contributed by atoms with Crippen molar-refractivity contribution in [2.24, 2.45) is 5.92 Å². The van der Waals surface area contributed by atoms with E-state index in [9.17, 15) is 9.18 Å². The van der Waals surface area contributed by atoms with Crippen LogP contribution >= 0.6 is 0 Å². The Balaban J connectivity index is 1.47. The van der Waals surface area contributed by atoms with Crippen LogP contribution in [0.5, 0.6) is 0 Å². The van der Waals surface area contributed by atoms with Crippen LogP contribution in [0.2, 0.25) is 0 Å². The fourth-order valence-electron chi connectivity index (χ4n) is 4.22. The van der Waals surface area contributed by atoms with Gasteiger partial charge in [-0.25, -0.2) is 14.4 Å². The van der Waals surface area contributed by atoms with Gasteiger partial charge in [-0.2, -0.15) is 0 Å². The molecule has 5 rings (SSSR count). The molecule has 0 aliphatic carbocycles. The molecule has 27 heavy (non-hydrogen) atoms. The molecular formula is C21H25FN4O. The minimum absolute atomic E-state index is 0.0379. The number of hydrogen-bond acceptors (Lipinski definition) is 4. The molecule has 1 amide bonds. The molecule has 3 saturated heterocycles. The summed E-state index contributed by atoms with van der Waals surface area (Å²) in [6.07, 6.45) is 6.26. The van der Waals surface area contributed by atoms with Crippen LogP contribution in [0.1, 0.15) is 41.5 Å². The summed E-state index contributed by atoms with van der Waals surface area (Å²) in [5.41, 5.74) is 1.68. The molecule has 3 fully saturated rings. The van der Waals surface area contributed by atoms with Gasteiger partial charge in [-0.1, -0.05) is 19.1 Å². The second kappa shape index (κ2) is 7.72. The molecular weight excluding hydrogens is 343 g/mol. The number of benzene rings is 1. The number of carbonyl (C=O) groups excluding carboxylic acids is 1. The van der Waals surface area contributed by atoms with Crippen molar-refractivity contribution >= 4 is 5.91 Å². The number of hydrogen-bond donors (Lipinski definition) is 0. The summed E-state index contributed by atoms with van der Waals surface area (Å²) in [5.74, 6) is 1.07. The van der Waals surface area contributed by atoms with Gasteiger partial charge in [0.05, 0.1) is 5.56 Å². The SMILES string of the molecule is CCc1ncc(C(=O)N2C[C@H]3CC[C@@H]2CN(Cc2ccc(F)cc2)C3)cn1. The maximum absolute atomic E-state index is 13.1. The number of amides is 1. The number of nitrogens with zero attached hydrogens (tertiary/aromatic N) is 4. The van der Waals surface area contributed by atoms with Crippen LogP contribution in [-0.2, 0) is 13.0 Å². The summed E-state index contributed by atoms with van der Waals surface area (Å²) in [4.78, 5) is 26.0. The van der Waals surface area contributed by atoms with Gasteiger partial charge >= 0.3 is 0 Å². The Hall–Kier alpha value is -2.34. The Labute approximate surface area is 159 Å². The van der Waals surface area contributed by atoms with E-state index in [1.54, 1.807) is 12.4 Å². The van der Waals surface area contributed by atoms with Crippen molar-refractivity contribution in [2.75, 3.05) is 19.6 Å². The first-order chi connectivity index (χ1) is 13.1. The molecule has 5 nitrogen and oxygen atoms in total. The largest absolute Gasteiger partial charge is 0.334 e. The molecule has 1 aromatic carbocycles. The van der Waals surface area contributed by atoms with E-state index in [2.05, 4.69) is 14.9 Å². The highest BCUT2D eigenvalue weighted by atomic mass is 19.1. The lowest BCUT2D eigenvalue weighted by Crippen LogP contribution is -2.47. The van der Waals surface area contributed by atoms with Gasteiger partial charge < -0.3 is 4.90 Å². The van der Waals surface area contributed by atoms with E-state index in [0.29, 0.717) is 11.5 Å². The molecule has 4 heterocycles. The second-order valence-electron chi connectivity index (χ2n) is 7.62. The van der Waals surface area contributed by atoms with Crippen LogP contribution < -0.4 is 0 Å². The van der Waals surface area contributed by atoms with Gasteiger partial charge in [0, 0.05) is 51.0 Å². The third kappa shape index (κ3) is 4.00. The first-order valence-electron chi connectivity index (χ1n) is 9.71. The van der Waals surface area contributed by atoms with Gasteiger partial charge in [-0.15, -0.1) is 0 Å². The highest BCUT2D eigenvalue weighted by Crippen LogP contribution is 2.30. The molecule has 0 unspecified atom stereocenters. The van der Waals surface area contributed by atoms with Gasteiger partial charge in [0.2, 0.25) is 0 Å². The standard InChI is InChI=1S/C21H25FN4O/c1-2-20-23-9-17(10-24-20)21(27)26-13-16-5-8-19(26)14-25(12-16)11-15-3-6-18(22)7-4-15/h3-4,6-7,9-10,16,19H,2,5,8,11-14H2,1H3/t16-,19+/m0/s1. The minimum Gasteiger partial charge on any atom is -0.334 e. The maximum atomic E-state index is 13.1.